The van der Waals surface area contributed by atoms with Crippen molar-refractivity contribution in [1.82, 2.24) is 9.97 Å². The van der Waals surface area contributed by atoms with Crippen LogP contribution in [-0.2, 0) is 4.79 Å². The Morgan fingerprint density at radius 1 is 1.57 bits per heavy atom. The summed E-state index contributed by atoms with van der Waals surface area (Å²) in [6.07, 6.45) is 1.46. The van der Waals surface area contributed by atoms with Crippen molar-refractivity contribution in [1.29, 1.82) is 0 Å². The van der Waals surface area contributed by atoms with Crippen molar-refractivity contribution in [2.75, 3.05) is 5.75 Å². The van der Waals surface area contributed by atoms with E-state index in [0.717, 1.165) is 15.2 Å². The highest BCUT2D eigenvalue weighted by Crippen LogP contribution is 2.28. The molecule has 0 atom stereocenters. The summed E-state index contributed by atoms with van der Waals surface area (Å²) in [5.41, 5.74) is 0.873. The molecule has 0 spiro atoms. The van der Waals surface area contributed by atoms with Crippen LogP contribution in [0.1, 0.15) is 0 Å². The zero-order valence-electron chi connectivity index (χ0n) is 7.01. The van der Waals surface area contributed by atoms with Gasteiger partial charge in [-0.2, -0.15) is 0 Å². The van der Waals surface area contributed by atoms with Crippen molar-refractivity contribution in [3.8, 4) is 0 Å². The number of thiophene rings is 1. The fraction of sp³-hybridized carbons (Fsp3) is 0.125. The maximum absolute atomic E-state index is 10.4. The molecule has 0 radical (unpaired) electrons. The van der Waals surface area contributed by atoms with Gasteiger partial charge in [-0.15, -0.1) is 11.3 Å². The molecule has 0 amide bonds. The first kappa shape index (κ1) is 9.42. The first-order chi connectivity index (χ1) is 6.77. The lowest BCUT2D eigenvalue weighted by molar-refractivity contribution is -0.133. The minimum atomic E-state index is -0.835. The second-order valence-electron chi connectivity index (χ2n) is 2.50. The van der Waals surface area contributed by atoms with E-state index in [2.05, 4.69) is 9.97 Å². The van der Waals surface area contributed by atoms with Crippen molar-refractivity contribution in [2.24, 2.45) is 0 Å². The van der Waals surface area contributed by atoms with E-state index >= 15 is 0 Å². The van der Waals surface area contributed by atoms with Crippen molar-refractivity contribution < 1.29 is 9.90 Å². The highest BCUT2D eigenvalue weighted by Gasteiger charge is 2.07. The number of carboxylic acid groups (broad SMARTS) is 1. The lowest BCUT2D eigenvalue weighted by atomic mass is 10.5. The van der Waals surface area contributed by atoms with Gasteiger partial charge in [-0.05, 0) is 11.4 Å². The molecular weight excluding hydrogens is 220 g/mol. The standard InChI is InChI=1S/C8H6N2O2S2/c11-6(12)3-14-8-7-5(1-2-13-7)9-4-10-8/h1-2,4H,3H2,(H,11,12). The van der Waals surface area contributed by atoms with E-state index < -0.39 is 5.97 Å². The van der Waals surface area contributed by atoms with Crippen LogP contribution in [0.15, 0.2) is 22.8 Å². The number of aromatic nitrogens is 2. The molecule has 2 aromatic heterocycles. The van der Waals surface area contributed by atoms with Crippen LogP contribution in [-0.4, -0.2) is 26.8 Å². The summed E-state index contributed by atoms with van der Waals surface area (Å²) in [5.74, 6) is -0.803. The molecule has 0 saturated carbocycles. The molecule has 14 heavy (non-hydrogen) atoms. The Hall–Kier alpha value is -1.14. The van der Waals surface area contributed by atoms with Crippen LogP contribution in [0.2, 0.25) is 0 Å². The van der Waals surface area contributed by atoms with Gasteiger partial charge >= 0.3 is 5.97 Å². The minimum Gasteiger partial charge on any atom is -0.481 e. The number of aliphatic carboxylic acids is 1. The fourth-order valence-corrected chi connectivity index (χ4v) is 2.67. The Labute approximate surface area is 88.0 Å². The first-order valence-corrected chi connectivity index (χ1v) is 5.66. The molecule has 0 aliphatic heterocycles. The predicted octanol–water partition coefficient (Wildman–Crippen LogP) is 1.87. The Balaban J connectivity index is 2.32. The summed E-state index contributed by atoms with van der Waals surface area (Å²) in [4.78, 5) is 18.5. The van der Waals surface area contributed by atoms with Gasteiger partial charge in [0.1, 0.15) is 11.4 Å². The third kappa shape index (κ3) is 1.85. The largest absolute Gasteiger partial charge is 0.481 e. The lowest BCUT2D eigenvalue weighted by Crippen LogP contribution is -1.98. The molecule has 0 aliphatic rings. The Morgan fingerprint density at radius 2 is 2.43 bits per heavy atom. The van der Waals surface area contributed by atoms with E-state index in [-0.39, 0.29) is 5.75 Å². The van der Waals surface area contributed by atoms with E-state index in [0.29, 0.717) is 0 Å². The molecule has 6 heteroatoms. The van der Waals surface area contributed by atoms with Crippen molar-refractivity contribution >= 4 is 39.3 Å². The van der Waals surface area contributed by atoms with Gasteiger partial charge in [0.25, 0.3) is 0 Å². The molecule has 0 aliphatic carbocycles. The van der Waals surface area contributed by atoms with Gasteiger partial charge in [0.2, 0.25) is 0 Å². The number of thioether (sulfide) groups is 1. The number of nitrogens with zero attached hydrogens (tertiary/aromatic N) is 2. The Morgan fingerprint density at radius 3 is 3.21 bits per heavy atom. The number of carbonyl (C=O) groups is 1. The molecule has 0 saturated heterocycles. The summed E-state index contributed by atoms with van der Waals surface area (Å²) >= 11 is 2.75. The number of hydrogen-bond acceptors (Lipinski definition) is 5. The second kappa shape index (κ2) is 3.93. The molecular formula is C8H6N2O2S2. The number of rotatable bonds is 3. The zero-order valence-corrected chi connectivity index (χ0v) is 8.64. The third-order valence-electron chi connectivity index (χ3n) is 1.54. The number of carboxylic acids is 1. The molecule has 0 bridgehead atoms. The van der Waals surface area contributed by atoms with Crippen LogP contribution in [0.5, 0.6) is 0 Å². The predicted molar refractivity (Wildman–Crippen MR) is 55.8 cm³/mol. The zero-order chi connectivity index (χ0) is 9.97. The summed E-state index contributed by atoms with van der Waals surface area (Å²) in [6, 6.07) is 1.90. The third-order valence-corrected chi connectivity index (χ3v) is 3.56. The smallest absolute Gasteiger partial charge is 0.313 e. The molecule has 2 aromatic rings. The van der Waals surface area contributed by atoms with Gasteiger partial charge in [0, 0.05) is 0 Å². The van der Waals surface area contributed by atoms with E-state index in [1.807, 2.05) is 11.4 Å². The summed E-state index contributed by atoms with van der Waals surface area (Å²) < 4.78 is 0.957. The topological polar surface area (TPSA) is 63.1 Å². The maximum Gasteiger partial charge on any atom is 0.313 e. The van der Waals surface area contributed by atoms with Crippen LogP contribution in [0, 0.1) is 0 Å². The molecule has 0 aromatic carbocycles. The van der Waals surface area contributed by atoms with Crippen LogP contribution in [0.25, 0.3) is 10.2 Å². The van der Waals surface area contributed by atoms with Gasteiger partial charge in [-0.1, -0.05) is 11.8 Å². The van der Waals surface area contributed by atoms with E-state index in [4.69, 9.17) is 5.11 Å². The lowest BCUT2D eigenvalue weighted by Gasteiger charge is -1.97. The van der Waals surface area contributed by atoms with Crippen LogP contribution in [0.4, 0.5) is 0 Å². The molecule has 72 valence electrons. The van der Waals surface area contributed by atoms with Gasteiger partial charge in [0.05, 0.1) is 16.0 Å². The maximum atomic E-state index is 10.4. The van der Waals surface area contributed by atoms with Crippen molar-refractivity contribution in [3.63, 3.8) is 0 Å². The van der Waals surface area contributed by atoms with Crippen molar-refractivity contribution in [2.45, 2.75) is 5.03 Å². The number of fused-ring (bicyclic) bond motifs is 1. The van der Waals surface area contributed by atoms with Crippen molar-refractivity contribution in [3.05, 3.63) is 17.8 Å². The summed E-state index contributed by atoms with van der Waals surface area (Å²) in [7, 11) is 0. The van der Waals surface area contributed by atoms with Gasteiger partial charge in [-0.3, -0.25) is 4.79 Å². The normalized spacial score (nSPS) is 10.6. The second-order valence-corrected chi connectivity index (χ2v) is 4.38. The minimum absolute atomic E-state index is 0.0318. The van der Waals surface area contributed by atoms with Crippen LogP contribution >= 0.6 is 23.1 Å². The highest BCUT2D eigenvalue weighted by molar-refractivity contribution is 8.00. The molecule has 0 fully saturated rings. The Bertz CT molecular complexity index is 469. The molecule has 4 nitrogen and oxygen atoms in total. The molecule has 2 rings (SSSR count). The van der Waals surface area contributed by atoms with E-state index in [1.54, 1.807) is 0 Å². The molecule has 0 unspecified atom stereocenters. The summed E-state index contributed by atoms with van der Waals surface area (Å²) in [6.45, 7) is 0. The van der Waals surface area contributed by atoms with Gasteiger partial charge in [-0.25, -0.2) is 9.97 Å². The van der Waals surface area contributed by atoms with Crippen LogP contribution in [0.3, 0.4) is 0 Å². The number of hydrogen-bond donors (Lipinski definition) is 1. The Kier molecular flexibility index (Phi) is 2.64. The quantitative estimate of drug-likeness (QED) is 0.639. The van der Waals surface area contributed by atoms with Gasteiger partial charge in [0.15, 0.2) is 0 Å². The average molecular weight is 226 g/mol. The highest BCUT2D eigenvalue weighted by atomic mass is 32.2. The van der Waals surface area contributed by atoms with Crippen LogP contribution < -0.4 is 0 Å². The molecule has 1 N–H and O–H groups in total. The summed E-state index contributed by atoms with van der Waals surface area (Å²) in [5, 5.41) is 11.2. The van der Waals surface area contributed by atoms with E-state index in [1.165, 1.54) is 29.4 Å². The van der Waals surface area contributed by atoms with E-state index in [9.17, 15) is 4.79 Å². The first-order valence-electron chi connectivity index (χ1n) is 3.80. The van der Waals surface area contributed by atoms with Gasteiger partial charge < -0.3 is 5.11 Å². The molecule has 2 heterocycles. The average Bonchev–Trinajstić information content (AvgIpc) is 2.62. The fourth-order valence-electron chi connectivity index (χ4n) is 0.999. The SMILES string of the molecule is O=C(O)CSc1ncnc2ccsc12. The monoisotopic (exact) mass is 226 g/mol.